The molecule has 1 heterocycles. The van der Waals surface area contributed by atoms with Crippen LogP contribution in [0.25, 0.3) is 6.08 Å². The number of ketones is 1. The second-order valence-corrected chi connectivity index (χ2v) is 4.92. The summed E-state index contributed by atoms with van der Waals surface area (Å²) in [4.78, 5) is 12.3. The zero-order valence-electron chi connectivity index (χ0n) is 13.9. The predicted octanol–water partition coefficient (Wildman–Crippen LogP) is 2.65. The molecular formula is C17H20N2O4. The number of aromatic nitrogens is 2. The van der Waals surface area contributed by atoms with Crippen molar-refractivity contribution in [3.63, 3.8) is 0 Å². The van der Waals surface area contributed by atoms with Crippen LogP contribution in [0.4, 0.5) is 0 Å². The van der Waals surface area contributed by atoms with Gasteiger partial charge in [0.2, 0.25) is 5.75 Å². The number of aryl methyl sites for hydroxylation is 1. The van der Waals surface area contributed by atoms with Gasteiger partial charge in [-0.05, 0) is 30.7 Å². The highest BCUT2D eigenvalue weighted by atomic mass is 16.5. The van der Waals surface area contributed by atoms with Crippen LogP contribution in [0.3, 0.4) is 0 Å². The average molecular weight is 316 g/mol. The average Bonchev–Trinajstić information content (AvgIpc) is 2.90. The van der Waals surface area contributed by atoms with Crippen molar-refractivity contribution in [1.29, 1.82) is 0 Å². The van der Waals surface area contributed by atoms with E-state index in [-0.39, 0.29) is 5.78 Å². The van der Waals surface area contributed by atoms with Crippen LogP contribution in [0.2, 0.25) is 0 Å². The summed E-state index contributed by atoms with van der Waals surface area (Å²) >= 11 is 0. The first-order valence-electron chi connectivity index (χ1n) is 7.02. The molecule has 0 fully saturated rings. The van der Waals surface area contributed by atoms with E-state index in [1.54, 1.807) is 57.5 Å². The van der Waals surface area contributed by atoms with Crippen LogP contribution in [-0.2, 0) is 7.05 Å². The molecule has 23 heavy (non-hydrogen) atoms. The second kappa shape index (κ2) is 7.00. The molecule has 0 bridgehead atoms. The van der Waals surface area contributed by atoms with Crippen LogP contribution >= 0.6 is 0 Å². The van der Waals surface area contributed by atoms with Gasteiger partial charge in [0.25, 0.3) is 0 Å². The van der Waals surface area contributed by atoms with Crippen molar-refractivity contribution >= 4 is 11.9 Å². The third kappa shape index (κ3) is 3.36. The number of nitrogens with zero attached hydrogens (tertiary/aromatic N) is 2. The highest BCUT2D eigenvalue weighted by Crippen LogP contribution is 2.38. The van der Waals surface area contributed by atoms with E-state index in [2.05, 4.69) is 5.10 Å². The van der Waals surface area contributed by atoms with Gasteiger partial charge in [-0.25, -0.2) is 0 Å². The number of ether oxygens (including phenoxy) is 3. The summed E-state index contributed by atoms with van der Waals surface area (Å²) in [5.74, 6) is 1.49. The largest absolute Gasteiger partial charge is 0.493 e. The van der Waals surface area contributed by atoms with Crippen LogP contribution in [0.1, 0.15) is 21.6 Å². The quantitative estimate of drug-likeness (QED) is 0.605. The van der Waals surface area contributed by atoms with Crippen molar-refractivity contribution in [3.05, 3.63) is 41.2 Å². The molecule has 0 unspecified atom stereocenters. The van der Waals surface area contributed by atoms with Crippen molar-refractivity contribution in [2.75, 3.05) is 21.3 Å². The number of methoxy groups -OCH3 is 3. The number of benzene rings is 1. The molecule has 0 aliphatic heterocycles. The Morgan fingerprint density at radius 1 is 1.13 bits per heavy atom. The van der Waals surface area contributed by atoms with Gasteiger partial charge in [-0.1, -0.05) is 6.08 Å². The van der Waals surface area contributed by atoms with Gasteiger partial charge in [0.15, 0.2) is 17.3 Å². The van der Waals surface area contributed by atoms with Gasteiger partial charge >= 0.3 is 0 Å². The first-order chi connectivity index (χ1) is 11.0. The van der Waals surface area contributed by atoms with Crippen LogP contribution in [0.15, 0.2) is 24.4 Å². The lowest BCUT2D eigenvalue weighted by molar-refractivity contribution is 0.104. The lowest BCUT2D eigenvalue weighted by Crippen LogP contribution is -1.99. The van der Waals surface area contributed by atoms with Crippen LogP contribution in [-0.4, -0.2) is 36.9 Å². The predicted molar refractivity (Wildman–Crippen MR) is 87.4 cm³/mol. The zero-order valence-corrected chi connectivity index (χ0v) is 13.9. The molecule has 1 aromatic carbocycles. The Morgan fingerprint density at radius 3 is 2.17 bits per heavy atom. The minimum Gasteiger partial charge on any atom is -0.493 e. The molecule has 0 saturated heterocycles. The van der Waals surface area contributed by atoms with Crippen LogP contribution in [0, 0.1) is 6.92 Å². The van der Waals surface area contributed by atoms with E-state index in [1.807, 2.05) is 6.92 Å². The molecule has 0 amide bonds. The standard InChI is InChI=1S/C17H20N2O4/c1-11-13(10-18-19(11)2)14(20)7-6-12-8-15(21-3)17(23-5)16(9-12)22-4/h6-10H,1-5H3. The third-order valence-corrected chi connectivity index (χ3v) is 3.61. The molecule has 6 heteroatoms. The van der Waals surface area contributed by atoms with Gasteiger partial charge in [-0.15, -0.1) is 0 Å². The molecule has 6 nitrogen and oxygen atoms in total. The lowest BCUT2D eigenvalue weighted by atomic mass is 10.1. The molecule has 0 radical (unpaired) electrons. The van der Waals surface area contributed by atoms with E-state index in [4.69, 9.17) is 14.2 Å². The first kappa shape index (κ1) is 16.6. The molecular weight excluding hydrogens is 296 g/mol. The molecule has 122 valence electrons. The number of carbonyl (C=O) groups excluding carboxylic acids is 1. The molecule has 0 spiro atoms. The second-order valence-electron chi connectivity index (χ2n) is 4.92. The van der Waals surface area contributed by atoms with Gasteiger partial charge in [0.1, 0.15) is 0 Å². The molecule has 0 N–H and O–H groups in total. The van der Waals surface area contributed by atoms with E-state index in [0.717, 1.165) is 11.3 Å². The maximum atomic E-state index is 12.3. The maximum absolute atomic E-state index is 12.3. The number of hydrogen-bond acceptors (Lipinski definition) is 5. The van der Waals surface area contributed by atoms with Crippen LogP contribution in [0.5, 0.6) is 17.2 Å². The van der Waals surface area contributed by atoms with E-state index in [1.165, 1.54) is 6.08 Å². The van der Waals surface area contributed by atoms with Gasteiger partial charge in [0, 0.05) is 12.7 Å². The van der Waals surface area contributed by atoms with E-state index in [0.29, 0.717) is 22.8 Å². The number of allylic oxidation sites excluding steroid dienone is 1. The fourth-order valence-electron chi connectivity index (χ4n) is 2.20. The Bertz CT molecular complexity index is 722. The van der Waals surface area contributed by atoms with E-state index < -0.39 is 0 Å². The molecule has 1 aromatic heterocycles. The minimum atomic E-state index is -0.107. The highest BCUT2D eigenvalue weighted by molar-refractivity contribution is 6.07. The Balaban J connectivity index is 2.32. The Morgan fingerprint density at radius 2 is 1.74 bits per heavy atom. The van der Waals surface area contributed by atoms with Gasteiger partial charge < -0.3 is 14.2 Å². The van der Waals surface area contributed by atoms with Crippen LogP contribution < -0.4 is 14.2 Å². The normalized spacial score (nSPS) is 10.8. The van der Waals surface area contributed by atoms with Gasteiger partial charge in [0.05, 0.1) is 33.1 Å². The fourth-order valence-corrected chi connectivity index (χ4v) is 2.20. The number of carbonyl (C=O) groups is 1. The first-order valence-corrected chi connectivity index (χ1v) is 7.02. The Hall–Kier alpha value is -2.76. The van der Waals surface area contributed by atoms with Crippen molar-refractivity contribution in [2.45, 2.75) is 6.92 Å². The fraction of sp³-hybridized carbons (Fsp3) is 0.294. The minimum absolute atomic E-state index is 0.107. The van der Waals surface area contributed by atoms with Gasteiger partial charge in [-0.2, -0.15) is 5.10 Å². The summed E-state index contributed by atoms with van der Waals surface area (Å²) in [5, 5.41) is 4.08. The van der Waals surface area contributed by atoms with Crippen molar-refractivity contribution in [2.24, 2.45) is 7.05 Å². The summed E-state index contributed by atoms with van der Waals surface area (Å²) < 4.78 is 17.5. The third-order valence-electron chi connectivity index (χ3n) is 3.61. The van der Waals surface area contributed by atoms with E-state index in [9.17, 15) is 4.79 Å². The Kier molecular flexibility index (Phi) is 5.05. The molecule has 0 atom stereocenters. The summed E-state index contributed by atoms with van der Waals surface area (Å²) in [6.45, 7) is 1.85. The summed E-state index contributed by atoms with van der Waals surface area (Å²) in [5.41, 5.74) is 2.18. The van der Waals surface area contributed by atoms with Crippen molar-refractivity contribution in [3.8, 4) is 17.2 Å². The topological polar surface area (TPSA) is 62.6 Å². The highest BCUT2D eigenvalue weighted by Gasteiger charge is 2.13. The zero-order chi connectivity index (χ0) is 17.0. The monoisotopic (exact) mass is 316 g/mol. The summed E-state index contributed by atoms with van der Waals surface area (Å²) in [6, 6.07) is 3.56. The molecule has 2 rings (SSSR count). The smallest absolute Gasteiger partial charge is 0.203 e. The molecule has 0 aliphatic carbocycles. The van der Waals surface area contributed by atoms with E-state index >= 15 is 0 Å². The van der Waals surface area contributed by atoms with Crippen molar-refractivity contribution < 1.29 is 19.0 Å². The maximum Gasteiger partial charge on any atom is 0.203 e. The number of hydrogen-bond donors (Lipinski definition) is 0. The van der Waals surface area contributed by atoms with Crippen molar-refractivity contribution in [1.82, 2.24) is 9.78 Å². The molecule has 0 aliphatic rings. The SMILES string of the molecule is COc1cc(C=CC(=O)c2cnn(C)c2C)cc(OC)c1OC. The lowest BCUT2D eigenvalue weighted by Gasteiger charge is -2.12. The summed E-state index contributed by atoms with van der Waals surface area (Å²) in [6.07, 6.45) is 4.78. The Labute approximate surface area is 135 Å². The van der Waals surface area contributed by atoms with Gasteiger partial charge in [-0.3, -0.25) is 9.48 Å². The summed E-state index contributed by atoms with van der Waals surface area (Å²) in [7, 11) is 6.45. The molecule has 2 aromatic rings. The number of rotatable bonds is 6. The molecule has 0 saturated carbocycles.